The first-order chi connectivity index (χ1) is 6.19. The van der Waals surface area contributed by atoms with Crippen molar-refractivity contribution in [1.29, 1.82) is 5.26 Å². The highest BCUT2D eigenvalue weighted by atomic mass is 16.5. The summed E-state index contributed by atoms with van der Waals surface area (Å²) in [6.45, 7) is 2.91. The van der Waals surface area contributed by atoms with Gasteiger partial charge in [-0.25, -0.2) is 0 Å². The molecule has 1 heterocycles. The number of hydrogen-bond acceptors (Lipinski definition) is 3. The van der Waals surface area contributed by atoms with E-state index in [0.29, 0.717) is 19.1 Å². The van der Waals surface area contributed by atoms with Crippen LogP contribution in [0.1, 0.15) is 13.3 Å². The van der Waals surface area contributed by atoms with Gasteiger partial charge in [0.2, 0.25) is 5.91 Å². The lowest BCUT2D eigenvalue weighted by Crippen LogP contribution is -2.39. The Morgan fingerprint density at radius 1 is 1.85 bits per heavy atom. The molecule has 0 aromatic carbocycles. The first-order valence-corrected chi connectivity index (χ1v) is 4.47. The summed E-state index contributed by atoms with van der Waals surface area (Å²) in [6, 6.07) is 1.58. The van der Waals surface area contributed by atoms with Crippen LogP contribution in [0.15, 0.2) is 0 Å². The highest BCUT2D eigenvalue weighted by molar-refractivity contribution is 5.87. The lowest BCUT2D eigenvalue weighted by atomic mass is 10.1. The Balaban J connectivity index is 1.96. The molecule has 70 valence electrons. The monoisotopic (exact) mass is 180 g/mol. The number of hydrogen-bond donors (Lipinski definition) is 1. The second-order valence-corrected chi connectivity index (χ2v) is 3.90. The number of carbonyl (C=O) groups is 1. The second-order valence-electron chi connectivity index (χ2n) is 3.90. The molecule has 3 atom stereocenters. The lowest BCUT2D eigenvalue weighted by molar-refractivity contribution is -0.127. The van der Waals surface area contributed by atoms with E-state index in [-0.39, 0.29) is 11.3 Å². The Labute approximate surface area is 76.9 Å². The first-order valence-electron chi connectivity index (χ1n) is 4.47. The molecule has 0 radical (unpaired) electrons. The minimum atomic E-state index is -0.399. The average Bonchev–Trinajstić information content (AvgIpc) is 2.70. The van der Waals surface area contributed by atoms with Gasteiger partial charge in [0.15, 0.2) is 0 Å². The summed E-state index contributed by atoms with van der Waals surface area (Å²) in [4.78, 5) is 11.6. The van der Waals surface area contributed by atoms with Crippen LogP contribution in [0.5, 0.6) is 0 Å². The molecule has 0 aromatic heterocycles. The van der Waals surface area contributed by atoms with Gasteiger partial charge in [-0.2, -0.15) is 5.26 Å². The van der Waals surface area contributed by atoms with E-state index in [9.17, 15) is 4.79 Å². The zero-order valence-electron chi connectivity index (χ0n) is 7.54. The SMILES string of the molecule is CC(C#N)NC(=O)C12COCC1C2. The van der Waals surface area contributed by atoms with Crippen LogP contribution in [-0.2, 0) is 9.53 Å². The Bertz CT molecular complexity index is 284. The maximum absolute atomic E-state index is 11.6. The van der Waals surface area contributed by atoms with Gasteiger partial charge in [0.25, 0.3) is 0 Å². The van der Waals surface area contributed by atoms with Crippen molar-refractivity contribution in [3.8, 4) is 6.07 Å². The normalized spacial score (nSPS) is 37.4. The molecule has 4 heteroatoms. The molecule has 2 aliphatic rings. The van der Waals surface area contributed by atoms with Gasteiger partial charge in [-0.3, -0.25) is 4.79 Å². The molecule has 0 aromatic rings. The third-order valence-corrected chi connectivity index (χ3v) is 2.90. The summed E-state index contributed by atoms with van der Waals surface area (Å²) in [5.74, 6) is 0.391. The van der Waals surface area contributed by atoms with E-state index in [1.54, 1.807) is 6.92 Å². The number of amides is 1. The van der Waals surface area contributed by atoms with E-state index in [2.05, 4.69) is 5.32 Å². The summed E-state index contributed by atoms with van der Waals surface area (Å²) in [6.07, 6.45) is 0.928. The number of ether oxygens (including phenoxy) is 1. The minimum Gasteiger partial charge on any atom is -0.380 e. The van der Waals surface area contributed by atoms with Crippen molar-refractivity contribution in [1.82, 2.24) is 5.32 Å². The van der Waals surface area contributed by atoms with Crippen LogP contribution in [-0.4, -0.2) is 25.2 Å². The fourth-order valence-corrected chi connectivity index (χ4v) is 1.88. The van der Waals surface area contributed by atoms with Crippen molar-refractivity contribution in [3.63, 3.8) is 0 Å². The summed E-state index contributed by atoms with van der Waals surface area (Å²) in [5.41, 5.74) is -0.273. The van der Waals surface area contributed by atoms with Crippen molar-refractivity contribution in [2.75, 3.05) is 13.2 Å². The predicted molar refractivity (Wildman–Crippen MR) is 44.6 cm³/mol. The van der Waals surface area contributed by atoms with E-state index in [4.69, 9.17) is 10.00 Å². The van der Waals surface area contributed by atoms with Gasteiger partial charge in [-0.05, 0) is 13.3 Å². The van der Waals surface area contributed by atoms with Crippen LogP contribution < -0.4 is 5.32 Å². The largest absolute Gasteiger partial charge is 0.380 e. The van der Waals surface area contributed by atoms with E-state index in [1.165, 1.54) is 0 Å². The van der Waals surface area contributed by atoms with Gasteiger partial charge in [0.1, 0.15) is 6.04 Å². The van der Waals surface area contributed by atoms with E-state index >= 15 is 0 Å². The van der Waals surface area contributed by atoms with Gasteiger partial charge >= 0.3 is 0 Å². The molecule has 2 rings (SSSR count). The zero-order valence-corrected chi connectivity index (χ0v) is 7.54. The Morgan fingerprint density at radius 2 is 2.62 bits per heavy atom. The molecule has 1 aliphatic heterocycles. The molecule has 1 aliphatic carbocycles. The average molecular weight is 180 g/mol. The highest BCUT2D eigenvalue weighted by Crippen LogP contribution is 2.56. The van der Waals surface area contributed by atoms with Crippen molar-refractivity contribution >= 4 is 5.91 Å². The molecule has 1 saturated carbocycles. The summed E-state index contributed by atoms with van der Waals surface area (Å²) < 4.78 is 5.20. The maximum Gasteiger partial charge on any atom is 0.229 e. The van der Waals surface area contributed by atoms with Gasteiger partial charge in [0, 0.05) is 5.92 Å². The number of rotatable bonds is 2. The molecule has 1 saturated heterocycles. The number of nitriles is 1. The van der Waals surface area contributed by atoms with Crippen LogP contribution in [0, 0.1) is 22.7 Å². The number of carbonyl (C=O) groups excluding carboxylic acids is 1. The van der Waals surface area contributed by atoms with E-state index in [1.807, 2.05) is 6.07 Å². The summed E-state index contributed by atoms with van der Waals surface area (Å²) in [5, 5.41) is 11.2. The van der Waals surface area contributed by atoms with Gasteiger partial charge in [0.05, 0.1) is 24.7 Å². The lowest BCUT2D eigenvalue weighted by Gasteiger charge is -2.12. The Hall–Kier alpha value is -1.08. The molecule has 13 heavy (non-hydrogen) atoms. The van der Waals surface area contributed by atoms with Gasteiger partial charge in [-0.1, -0.05) is 0 Å². The topological polar surface area (TPSA) is 62.1 Å². The molecule has 2 fully saturated rings. The van der Waals surface area contributed by atoms with Gasteiger partial charge in [-0.15, -0.1) is 0 Å². The standard InChI is InChI=1S/C9H12N2O2/c1-6(3-10)11-8(12)9-2-7(9)4-13-5-9/h6-7H,2,4-5H2,1H3,(H,11,12). The minimum absolute atomic E-state index is 0.0101. The Kier molecular flexibility index (Phi) is 1.77. The third kappa shape index (κ3) is 1.20. The summed E-state index contributed by atoms with van der Waals surface area (Å²) in [7, 11) is 0. The molecular weight excluding hydrogens is 168 g/mol. The number of nitrogens with zero attached hydrogens (tertiary/aromatic N) is 1. The first kappa shape index (κ1) is 8.52. The molecule has 4 nitrogen and oxygen atoms in total. The fourth-order valence-electron chi connectivity index (χ4n) is 1.88. The fraction of sp³-hybridized carbons (Fsp3) is 0.778. The van der Waals surface area contributed by atoms with Crippen molar-refractivity contribution in [3.05, 3.63) is 0 Å². The number of fused-ring (bicyclic) bond motifs is 1. The van der Waals surface area contributed by atoms with Crippen LogP contribution >= 0.6 is 0 Å². The molecular formula is C9H12N2O2. The summed E-state index contributed by atoms with van der Waals surface area (Å²) >= 11 is 0. The smallest absolute Gasteiger partial charge is 0.229 e. The van der Waals surface area contributed by atoms with E-state index in [0.717, 1.165) is 6.42 Å². The Morgan fingerprint density at radius 3 is 3.08 bits per heavy atom. The number of nitrogens with one attached hydrogen (secondary N) is 1. The molecule has 1 amide bonds. The molecule has 0 spiro atoms. The zero-order chi connectivity index (χ0) is 9.47. The second kappa shape index (κ2) is 2.71. The van der Waals surface area contributed by atoms with Crippen LogP contribution in [0.2, 0.25) is 0 Å². The predicted octanol–water partition coefficient (Wildman–Crippen LogP) is 0.0512. The van der Waals surface area contributed by atoms with Crippen molar-refractivity contribution in [2.45, 2.75) is 19.4 Å². The highest BCUT2D eigenvalue weighted by Gasteiger charge is 2.63. The molecule has 0 bridgehead atoms. The maximum atomic E-state index is 11.6. The van der Waals surface area contributed by atoms with Crippen LogP contribution in [0.25, 0.3) is 0 Å². The molecule has 3 unspecified atom stereocenters. The van der Waals surface area contributed by atoms with Crippen LogP contribution in [0.3, 0.4) is 0 Å². The van der Waals surface area contributed by atoms with Crippen LogP contribution in [0.4, 0.5) is 0 Å². The van der Waals surface area contributed by atoms with Crippen molar-refractivity contribution < 1.29 is 9.53 Å². The third-order valence-electron chi connectivity index (χ3n) is 2.90. The van der Waals surface area contributed by atoms with Gasteiger partial charge < -0.3 is 10.1 Å². The van der Waals surface area contributed by atoms with E-state index < -0.39 is 6.04 Å². The quantitative estimate of drug-likeness (QED) is 0.653. The molecule has 1 N–H and O–H groups in total. The van der Waals surface area contributed by atoms with Crippen molar-refractivity contribution in [2.24, 2.45) is 11.3 Å².